The van der Waals surface area contributed by atoms with Crippen molar-refractivity contribution >= 4 is 29.2 Å². The van der Waals surface area contributed by atoms with E-state index in [1.165, 1.54) is 0 Å². The van der Waals surface area contributed by atoms with Crippen LogP contribution in [-0.4, -0.2) is 36.8 Å². The molecule has 1 heterocycles. The molecular formula is C25H28ClNO6. The largest absolute Gasteiger partial charge is 0.508 e. The van der Waals surface area contributed by atoms with Gasteiger partial charge in [0.2, 0.25) is 0 Å². The van der Waals surface area contributed by atoms with Gasteiger partial charge in [-0.1, -0.05) is 11.6 Å². The molecule has 2 aromatic carbocycles. The van der Waals surface area contributed by atoms with Gasteiger partial charge in [-0.2, -0.15) is 0 Å². The number of benzene rings is 2. The van der Waals surface area contributed by atoms with E-state index in [0.717, 1.165) is 68.4 Å². The van der Waals surface area contributed by atoms with Crippen LogP contribution in [0, 0.1) is 5.92 Å². The molecule has 1 aliphatic carbocycles. The predicted octanol–water partition coefficient (Wildman–Crippen LogP) is 4.80. The number of anilines is 1. The zero-order chi connectivity index (χ0) is 23.4. The lowest BCUT2D eigenvalue weighted by Gasteiger charge is -2.22. The second-order valence-electron chi connectivity index (χ2n) is 8.37. The average Bonchev–Trinajstić information content (AvgIpc) is 3.29. The molecule has 0 atom stereocenters. The van der Waals surface area contributed by atoms with Crippen LogP contribution in [0.3, 0.4) is 0 Å². The Bertz CT molecular complexity index is 1050. The Morgan fingerprint density at radius 3 is 2.70 bits per heavy atom. The number of carbonyl (C=O) groups is 2. The van der Waals surface area contributed by atoms with E-state index in [2.05, 4.69) is 5.32 Å². The fourth-order valence-corrected chi connectivity index (χ4v) is 4.74. The van der Waals surface area contributed by atoms with E-state index < -0.39 is 11.9 Å². The Balaban J connectivity index is 1.56. The van der Waals surface area contributed by atoms with E-state index in [0.29, 0.717) is 28.1 Å². The van der Waals surface area contributed by atoms with Gasteiger partial charge in [0.1, 0.15) is 17.2 Å². The van der Waals surface area contributed by atoms with Crippen molar-refractivity contribution in [3.8, 4) is 17.2 Å². The van der Waals surface area contributed by atoms with Gasteiger partial charge in [-0.3, -0.25) is 4.79 Å². The number of hydrogen-bond acceptors (Lipinski definition) is 6. The van der Waals surface area contributed by atoms with E-state index >= 15 is 0 Å². The molecule has 1 aliphatic heterocycles. The van der Waals surface area contributed by atoms with Gasteiger partial charge in [0, 0.05) is 24.5 Å². The summed E-state index contributed by atoms with van der Waals surface area (Å²) < 4.78 is 16.4. The number of hydrogen-bond donors (Lipinski definition) is 2. The molecular weight excluding hydrogens is 446 g/mol. The molecule has 7 nitrogen and oxygen atoms in total. The summed E-state index contributed by atoms with van der Waals surface area (Å²) in [6.45, 7) is 3.27. The minimum Gasteiger partial charge on any atom is -0.508 e. The molecule has 0 spiro atoms. The number of phenolic OH excluding ortho intramolecular Hbond substituents is 1. The molecule has 176 valence electrons. The van der Waals surface area contributed by atoms with Gasteiger partial charge in [-0.25, -0.2) is 4.79 Å². The quantitative estimate of drug-likeness (QED) is 0.462. The van der Waals surface area contributed by atoms with Crippen LogP contribution < -0.4 is 10.1 Å². The van der Waals surface area contributed by atoms with Gasteiger partial charge in [-0.05, 0) is 86.8 Å². The van der Waals surface area contributed by atoms with Crippen LogP contribution in [0.1, 0.15) is 42.9 Å². The lowest BCUT2D eigenvalue weighted by Crippen LogP contribution is -2.25. The highest BCUT2D eigenvalue weighted by atomic mass is 35.5. The standard InChI is InChI=1S/C25H28ClNO6/c1-2-32-25(30)24(29)27-21-14-20(26)23(19-5-3-4-18(19)21)33-17-6-7-22(28)16(13-17)12-15-8-10-31-11-9-15/h6-7,13-15,28H,2-5,8-12H2,1H3,(H,27,29). The van der Waals surface area contributed by atoms with Gasteiger partial charge in [0.25, 0.3) is 0 Å². The van der Waals surface area contributed by atoms with Crippen LogP contribution in [-0.2, 0) is 38.3 Å². The summed E-state index contributed by atoms with van der Waals surface area (Å²) in [5, 5.41) is 13.3. The van der Waals surface area contributed by atoms with Crippen LogP contribution in [0.5, 0.6) is 17.2 Å². The zero-order valence-corrected chi connectivity index (χ0v) is 19.4. The van der Waals surface area contributed by atoms with Crippen molar-refractivity contribution in [1.82, 2.24) is 0 Å². The molecule has 1 saturated heterocycles. The molecule has 0 bridgehead atoms. The summed E-state index contributed by atoms with van der Waals surface area (Å²) in [6, 6.07) is 6.84. The maximum absolute atomic E-state index is 12.1. The molecule has 2 N–H and O–H groups in total. The molecule has 2 aliphatic rings. The van der Waals surface area contributed by atoms with E-state index in [9.17, 15) is 14.7 Å². The number of halogens is 1. The number of phenols is 1. The highest BCUT2D eigenvalue weighted by Crippen LogP contribution is 2.43. The van der Waals surface area contributed by atoms with Crippen LogP contribution in [0.15, 0.2) is 24.3 Å². The van der Waals surface area contributed by atoms with E-state index in [1.54, 1.807) is 25.1 Å². The second kappa shape index (κ2) is 10.4. The van der Waals surface area contributed by atoms with Crippen LogP contribution in [0.2, 0.25) is 5.02 Å². The number of fused-ring (bicyclic) bond motifs is 1. The van der Waals surface area contributed by atoms with Crippen molar-refractivity contribution < 1.29 is 28.9 Å². The summed E-state index contributed by atoms with van der Waals surface area (Å²) in [6.07, 6.45) is 5.09. The molecule has 4 rings (SSSR count). The third-order valence-electron chi connectivity index (χ3n) is 6.13. The zero-order valence-electron chi connectivity index (χ0n) is 18.6. The summed E-state index contributed by atoms with van der Waals surface area (Å²) in [5.41, 5.74) is 3.17. The number of carbonyl (C=O) groups excluding carboxylic acids is 2. The fraction of sp³-hybridized carbons (Fsp3) is 0.440. The number of nitrogens with one attached hydrogen (secondary N) is 1. The molecule has 0 radical (unpaired) electrons. The first-order chi connectivity index (χ1) is 16.0. The van der Waals surface area contributed by atoms with Crippen molar-refractivity contribution in [3.05, 3.63) is 46.0 Å². The normalized spacial score (nSPS) is 15.7. The molecule has 0 aromatic heterocycles. The number of rotatable bonds is 6. The van der Waals surface area contributed by atoms with E-state index in [1.807, 2.05) is 6.07 Å². The average molecular weight is 474 g/mol. The summed E-state index contributed by atoms with van der Waals surface area (Å²) >= 11 is 6.56. The number of ether oxygens (including phenoxy) is 3. The molecule has 0 saturated carbocycles. The van der Waals surface area contributed by atoms with Crippen LogP contribution >= 0.6 is 11.6 Å². The van der Waals surface area contributed by atoms with Gasteiger partial charge >= 0.3 is 11.9 Å². The lowest BCUT2D eigenvalue weighted by molar-refractivity contribution is -0.152. The first-order valence-corrected chi connectivity index (χ1v) is 11.7. The lowest BCUT2D eigenvalue weighted by atomic mass is 9.92. The molecule has 1 amide bonds. The Kier molecular flexibility index (Phi) is 7.40. The van der Waals surface area contributed by atoms with Crippen LogP contribution in [0.25, 0.3) is 0 Å². The molecule has 0 unspecified atom stereocenters. The predicted molar refractivity (Wildman–Crippen MR) is 124 cm³/mol. The number of aromatic hydroxyl groups is 1. The topological polar surface area (TPSA) is 94.1 Å². The fourth-order valence-electron chi connectivity index (χ4n) is 4.48. The van der Waals surface area contributed by atoms with Gasteiger partial charge in [0.15, 0.2) is 0 Å². The molecule has 1 fully saturated rings. The van der Waals surface area contributed by atoms with Crippen molar-refractivity contribution in [2.24, 2.45) is 5.92 Å². The van der Waals surface area contributed by atoms with Gasteiger partial charge in [-0.15, -0.1) is 0 Å². The minimum atomic E-state index is -0.929. The first-order valence-electron chi connectivity index (χ1n) is 11.4. The summed E-state index contributed by atoms with van der Waals surface area (Å²) in [4.78, 5) is 23.9. The maximum Gasteiger partial charge on any atom is 0.397 e. The van der Waals surface area contributed by atoms with E-state index in [4.69, 9.17) is 25.8 Å². The molecule has 33 heavy (non-hydrogen) atoms. The summed E-state index contributed by atoms with van der Waals surface area (Å²) in [7, 11) is 0. The van der Waals surface area contributed by atoms with Crippen molar-refractivity contribution in [1.29, 1.82) is 0 Å². The smallest absolute Gasteiger partial charge is 0.397 e. The minimum absolute atomic E-state index is 0.126. The van der Waals surface area contributed by atoms with Crippen molar-refractivity contribution in [3.63, 3.8) is 0 Å². The van der Waals surface area contributed by atoms with Gasteiger partial charge in [0.05, 0.1) is 11.6 Å². The highest BCUT2D eigenvalue weighted by Gasteiger charge is 2.26. The second-order valence-corrected chi connectivity index (χ2v) is 8.78. The Morgan fingerprint density at radius 2 is 1.94 bits per heavy atom. The van der Waals surface area contributed by atoms with Crippen molar-refractivity contribution in [2.45, 2.75) is 45.4 Å². The van der Waals surface area contributed by atoms with Crippen molar-refractivity contribution in [2.75, 3.05) is 25.1 Å². The Morgan fingerprint density at radius 1 is 1.18 bits per heavy atom. The number of amides is 1. The monoisotopic (exact) mass is 473 g/mol. The Hall–Kier alpha value is -2.77. The highest BCUT2D eigenvalue weighted by molar-refractivity contribution is 6.38. The third-order valence-corrected chi connectivity index (χ3v) is 6.42. The SMILES string of the molecule is CCOC(=O)C(=O)Nc1cc(Cl)c(Oc2ccc(O)c(CC3CCOCC3)c2)c2c1CCC2. The first kappa shape index (κ1) is 23.4. The molecule has 2 aromatic rings. The van der Waals surface area contributed by atoms with Crippen LogP contribution in [0.4, 0.5) is 5.69 Å². The van der Waals surface area contributed by atoms with E-state index in [-0.39, 0.29) is 12.4 Å². The Labute approximate surface area is 198 Å². The molecule has 8 heteroatoms. The third kappa shape index (κ3) is 5.42. The maximum atomic E-state index is 12.1. The van der Waals surface area contributed by atoms with Gasteiger partial charge < -0.3 is 24.6 Å². The number of esters is 1. The summed E-state index contributed by atoms with van der Waals surface area (Å²) in [5.74, 6) is 0.0983.